The molecule has 0 saturated carbocycles. The molecule has 0 aliphatic heterocycles. The summed E-state index contributed by atoms with van der Waals surface area (Å²) in [6, 6.07) is 0. The van der Waals surface area contributed by atoms with Gasteiger partial charge in [-0.1, -0.05) is 18.2 Å². The van der Waals surface area contributed by atoms with Crippen LogP contribution in [0.5, 0.6) is 0 Å². The molecule has 0 unspecified atom stereocenters. The molecule has 0 fully saturated rings. The Morgan fingerprint density at radius 1 is 1.60 bits per heavy atom. The van der Waals surface area contributed by atoms with Gasteiger partial charge in [0.2, 0.25) is 5.91 Å². The van der Waals surface area contributed by atoms with E-state index in [1.807, 2.05) is 6.08 Å². The van der Waals surface area contributed by atoms with E-state index < -0.39 is 0 Å². The number of nitrogens with two attached hydrogens (primary N) is 1. The molecule has 0 aromatic rings. The minimum absolute atomic E-state index is 0.252. The number of allylic oxidation sites excluding steroid dienone is 3. The second kappa shape index (κ2) is 3.20. The Hall–Kier alpha value is -1.05. The van der Waals surface area contributed by atoms with Crippen LogP contribution in [0.1, 0.15) is 19.3 Å². The molecule has 2 N–H and O–H groups in total. The van der Waals surface area contributed by atoms with Crippen molar-refractivity contribution in [2.45, 2.75) is 19.3 Å². The third kappa shape index (κ3) is 2.05. The topological polar surface area (TPSA) is 43.1 Å². The van der Waals surface area contributed by atoms with Crippen molar-refractivity contribution in [3.63, 3.8) is 0 Å². The highest BCUT2D eigenvalue weighted by molar-refractivity contribution is 5.77. The Balaban J connectivity index is 2.48. The zero-order valence-corrected chi connectivity index (χ0v) is 5.84. The Kier molecular flexibility index (Phi) is 2.26. The van der Waals surface area contributed by atoms with E-state index >= 15 is 0 Å². The van der Waals surface area contributed by atoms with E-state index in [1.165, 1.54) is 0 Å². The van der Waals surface area contributed by atoms with Gasteiger partial charge in [-0.15, -0.1) is 0 Å². The molecule has 0 aromatic carbocycles. The first-order valence-electron chi connectivity index (χ1n) is 3.43. The van der Waals surface area contributed by atoms with Crippen molar-refractivity contribution in [3.8, 4) is 0 Å². The minimum Gasteiger partial charge on any atom is -0.369 e. The van der Waals surface area contributed by atoms with E-state index in [4.69, 9.17) is 5.73 Å². The normalized spacial score (nSPS) is 16.6. The first-order valence-corrected chi connectivity index (χ1v) is 3.43. The highest BCUT2D eigenvalue weighted by Crippen LogP contribution is 2.11. The van der Waals surface area contributed by atoms with Crippen LogP contribution in [0.4, 0.5) is 0 Å². The lowest BCUT2D eigenvalue weighted by atomic mass is 10.0. The molecular weight excluding hydrogens is 126 g/mol. The van der Waals surface area contributed by atoms with E-state index in [-0.39, 0.29) is 5.91 Å². The number of rotatable bonds is 2. The fourth-order valence-electron chi connectivity index (χ4n) is 1.000. The van der Waals surface area contributed by atoms with Crippen molar-refractivity contribution in [2.24, 2.45) is 5.73 Å². The van der Waals surface area contributed by atoms with Crippen LogP contribution in [-0.2, 0) is 4.79 Å². The summed E-state index contributed by atoms with van der Waals surface area (Å²) in [5.74, 6) is -0.252. The van der Waals surface area contributed by atoms with Gasteiger partial charge in [0.1, 0.15) is 0 Å². The van der Waals surface area contributed by atoms with Crippen LogP contribution in [0.2, 0.25) is 0 Å². The van der Waals surface area contributed by atoms with Crippen molar-refractivity contribution in [1.29, 1.82) is 0 Å². The quantitative estimate of drug-likeness (QED) is 0.609. The monoisotopic (exact) mass is 137 g/mol. The molecule has 1 aliphatic carbocycles. The highest BCUT2D eigenvalue weighted by Gasteiger charge is 1.99. The summed E-state index contributed by atoms with van der Waals surface area (Å²) < 4.78 is 0. The van der Waals surface area contributed by atoms with Gasteiger partial charge in [0.25, 0.3) is 0 Å². The number of hydrogen-bond donors (Lipinski definition) is 1. The number of carbonyl (C=O) groups excluding carboxylic acids is 1. The van der Waals surface area contributed by atoms with E-state index in [2.05, 4.69) is 12.2 Å². The highest BCUT2D eigenvalue weighted by atomic mass is 16.1. The molecule has 2 nitrogen and oxygen atoms in total. The Morgan fingerprint density at radius 2 is 2.40 bits per heavy atom. The molecule has 0 saturated heterocycles. The number of hydrogen-bond acceptors (Lipinski definition) is 1. The summed E-state index contributed by atoms with van der Waals surface area (Å²) in [5, 5.41) is 0. The number of primary amides is 1. The van der Waals surface area contributed by atoms with E-state index in [0.717, 1.165) is 18.4 Å². The van der Waals surface area contributed by atoms with Gasteiger partial charge in [0, 0.05) is 0 Å². The Morgan fingerprint density at radius 3 is 2.90 bits per heavy atom. The van der Waals surface area contributed by atoms with Crippen molar-refractivity contribution in [3.05, 3.63) is 23.8 Å². The number of carbonyl (C=O) groups is 1. The predicted octanol–water partition coefficient (Wildman–Crippen LogP) is 1.14. The lowest BCUT2D eigenvalue weighted by Crippen LogP contribution is -2.10. The predicted molar refractivity (Wildman–Crippen MR) is 40.3 cm³/mol. The van der Waals surface area contributed by atoms with Crippen molar-refractivity contribution in [2.75, 3.05) is 0 Å². The van der Waals surface area contributed by atoms with E-state index in [0.29, 0.717) is 6.42 Å². The van der Waals surface area contributed by atoms with Crippen molar-refractivity contribution >= 4 is 5.91 Å². The van der Waals surface area contributed by atoms with Gasteiger partial charge in [-0.3, -0.25) is 4.79 Å². The Bertz CT molecular complexity index is 191. The van der Waals surface area contributed by atoms with Gasteiger partial charge in [-0.2, -0.15) is 0 Å². The standard InChI is InChI=1S/C8H11NO/c9-8(10)6-7-4-2-1-3-5-7/h2,4-5H,1,3,6H2,(H2,9,10). The second-order valence-corrected chi connectivity index (χ2v) is 2.40. The smallest absolute Gasteiger partial charge is 0.221 e. The summed E-state index contributed by atoms with van der Waals surface area (Å²) in [6.45, 7) is 0. The van der Waals surface area contributed by atoms with Crippen LogP contribution in [0.25, 0.3) is 0 Å². The Labute approximate surface area is 60.4 Å². The lowest BCUT2D eigenvalue weighted by Gasteiger charge is -2.02. The van der Waals surface area contributed by atoms with Gasteiger partial charge in [0.15, 0.2) is 0 Å². The third-order valence-corrected chi connectivity index (χ3v) is 1.45. The van der Waals surface area contributed by atoms with E-state index in [9.17, 15) is 4.79 Å². The molecule has 1 aliphatic rings. The fourth-order valence-corrected chi connectivity index (χ4v) is 1.000. The molecular formula is C8H11NO. The maximum absolute atomic E-state index is 10.4. The zero-order chi connectivity index (χ0) is 7.40. The van der Waals surface area contributed by atoms with Crippen LogP contribution in [0.3, 0.4) is 0 Å². The molecule has 0 atom stereocenters. The van der Waals surface area contributed by atoms with Crippen LogP contribution < -0.4 is 5.73 Å². The summed E-state index contributed by atoms with van der Waals surface area (Å²) in [5.41, 5.74) is 6.06. The van der Waals surface area contributed by atoms with Crippen LogP contribution in [-0.4, -0.2) is 5.91 Å². The summed E-state index contributed by atoms with van der Waals surface area (Å²) >= 11 is 0. The summed E-state index contributed by atoms with van der Waals surface area (Å²) in [7, 11) is 0. The van der Waals surface area contributed by atoms with Crippen LogP contribution >= 0.6 is 0 Å². The third-order valence-electron chi connectivity index (χ3n) is 1.45. The fraction of sp³-hybridized carbons (Fsp3) is 0.375. The SMILES string of the molecule is NC(=O)CC1=CCCC=C1. The second-order valence-electron chi connectivity index (χ2n) is 2.40. The van der Waals surface area contributed by atoms with Gasteiger partial charge >= 0.3 is 0 Å². The first kappa shape index (κ1) is 7.06. The van der Waals surface area contributed by atoms with E-state index in [1.54, 1.807) is 0 Å². The molecule has 0 heterocycles. The van der Waals surface area contributed by atoms with Gasteiger partial charge < -0.3 is 5.73 Å². The molecule has 0 bridgehead atoms. The average molecular weight is 137 g/mol. The molecule has 2 heteroatoms. The zero-order valence-electron chi connectivity index (χ0n) is 5.84. The molecule has 0 aromatic heterocycles. The largest absolute Gasteiger partial charge is 0.369 e. The maximum Gasteiger partial charge on any atom is 0.221 e. The lowest BCUT2D eigenvalue weighted by molar-refractivity contribution is -0.117. The molecule has 1 amide bonds. The molecule has 0 radical (unpaired) electrons. The number of amides is 1. The summed E-state index contributed by atoms with van der Waals surface area (Å²) in [4.78, 5) is 10.4. The van der Waals surface area contributed by atoms with Gasteiger partial charge in [-0.05, 0) is 18.4 Å². The molecule has 54 valence electrons. The maximum atomic E-state index is 10.4. The van der Waals surface area contributed by atoms with Gasteiger partial charge in [-0.25, -0.2) is 0 Å². The van der Waals surface area contributed by atoms with Crippen LogP contribution in [0.15, 0.2) is 23.8 Å². The molecule has 0 spiro atoms. The van der Waals surface area contributed by atoms with Crippen molar-refractivity contribution < 1.29 is 4.79 Å². The first-order chi connectivity index (χ1) is 4.79. The summed E-state index contributed by atoms with van der Waals surface area (Å²) in [6.07, 6.45) is 8.61. The molecule has 1 rings (SSSR count). The minimum atomic E-state index is -0.252. The average Bonchev–Trinajstić information content (AvgIpc) is 1.88. The van der Waals surface area contributed by atoms with Crippen molar-refractivity contribution in [1.82, 2.24) is 0 Å². The van der Waals surface area contributed by atoms with Gasteiger partial charge in [0.05, 0.1) is 6.42 Å². The molecule has 10 heavy (non-hydrogen) atoms. The van der Waals surface area contributed by atoms with Crippen LogP contribution in [0, 0.1) is 0 Å².